The largest absolute Gasteiger partial charge is 0.294 e. The quantitative estimate of drug-likeness (QED) is 0.719. The lowest BCUT2D eigenvalue weighted by Crippen LogP contribution is -2.16. The molecule has 4 heteroatoms. The van der Waals surface area contributed by atoms with Crippen LogP contribution in [0.25, 0.3) is 17.3 Å². The molecule has 0 fully saturated rings. The van der Waals surface area contributed by atoms with Gasteiger partial charge in [-0.25, -0.2) is 4.68 Å². The van der Waals surface area contributed by atoms with E-state index in [1.807, 2.05) is 66.9 Å². The van der Waals surface area contributed by atoms with E-state index in [1.54, 1.807) is 4.68 Å². The topological polar surface area (TPSA) is 50.1 Å². The molecule has 0 unspecified atom stereocenters. The first-order valence-corrected chi connectivity index (χ1v) is 8.71. The molecule has 0 atom stereocenters. The fourth-order valence-corrected chi connectivity index (χ4v) is 3.22. The molecule has 0 amide bonds. The van der Waals surface area contributed by atoms with E-state index < -0.39 is 0 Å². The lowest BCUT2D eigenvalue weighted by molar-refractivity contribution is 0.559. The van der Waals surface area contributed by atoms with Crippen molar-refractivity contribution < 1.29 is 0 Å². The zero-order valence-corrected chi connectivity index (χ0v) is 15.2. The fraction of sp³-hybridized carbons (Fsp3) is 0.182. The van der Waals surface area contributed by atoms with Gasteiger partial charge in [0, 0.05) is 22.8 Å². The zero-order chi connectivity index (χ0) is 18.3. The van der Waals surface area contributed by atoms with Crippen LogP contribution in [0, 0.1) is 0 Å². The number of hydrogen-bond donors (Lipinski definition) is 1. The monoisotopic (exact) mass is 343 g/mol. The van der Waals surface area contributed by atoms with Crippen LogP contribution in [-0.2, 0) is 5.41 Å². The predicted molar refractivity (Wildman–Crippen MR) is 108 cm³/mol. The van der Waals surface area contributed by atoms with E-state index in [0.717, 1.165) is 28.2 Å². The van der Waals surface area contributed by atoms with E-state index in [1.165, 1.54) is 0 Å². The third kappa shape index (κ3) is 2.73. The van der Waals surface area contributed by atoms with Crippen LogP contribution < -0.4 is 5.56 Å². The Kier molecular flexibility index (Phi) is 3.76. The summed E-state index contributed by atoms with van der Waals surface area (Å²) in [7, 11) is 0. The number of hydrogen-bond acceptors (Lipinski definition) is 2. The molecule has 4 rings (SSSR count). The first-order valence-electron chi connectivity index (χ1n) is 8.71. The predicted octanol–water partition coefficient (Wildman–Crippen LogP) is 4.72. The third-order valence-electron chi connectivity index (χ3n) is 4.55. The Morgan fingerprint density at radius 2 is 1.69 bits per heavy atom. The van der Waals surface area contributed by atoms with E-state index >= 15 is 0 Å². The van der Waals surface area contributed by atoms with Gasteiger partial charge < -0.3 is 0 Å². The van der Waals surface area contributed by atoms with Gasteiger partial charge in [0.15, 0.2) is 0 Å². The number of nitrogens with zero attached hydrogens (tertiary/aromatic N) is 2. The van der Waals surface area contributed by atoms with E-state index in [9.17, 15) is 4.79 Å². The lowest BCUT2D eigenvalue weighted by Gasteiger charge is -2.17. The van der Waals surface area contributed by atoms with Gasteiger partial charge in [-0.1, -0.05) is 57.2 Å². The lowest BCUT2D eigenvalue weighted by atomic mass is 9.88. The summed E-state index contributed by atoms with van der Waals surface area (Å²) in [5.41, 5.74) is 5.13. The highest BCUT2D eigenvalue weighted by molar-refractivity contribution is 6.21. The van der Waals surface area contributed by atoms with Crippen molar-refractivity contribution in [1.29, 1.82) is 0 Å². The van der Waals surface area contributed by atoms with Gasteiger partial charge >= 0.3 is 0 Å². The smallest absolute Gasteiger partial charge is 0.278 e. The summed E-state index contributed by atoms with van der Waals surface area (Å²) in [6.45, 7) is 6.31. The van der Waals surface area contributed by atoms with Crippen LogP contribution >= 0.6 is 0 Å². The minimum Gasteiger partial charge on any atom is -0.294 e. The van der Waals surface area contributed by atoms with Gasteiger partial charge in [-0.05, 0) is 24.3 Å². The Bertz CT molecular complexity index is 1080. The second-order valence-corrected chi connectivity index (χ2v) is 7.50. The standard InChI is InChI=1S/C22H21N3O/c1-22(2,3)20-18(13-15-14-23-19-12-8-7-11-17(15)19)21(26)25(24-20)16-9-5-4-6-10-16/h4-14,24H,1-3H3. The minimum atomic E-state index is -0.194. The normalized spacial score (nSPS) is 14.8. The summed E-state index contributed by atoms with van der Waals surface area (Å²) in [4.78, 5) is 17.6. The van der Waals surface area contributed by atoms with Crippen LogP contribution in [0.15, 0.2) is 64.4 Å². The molecule has 1 N–H and O–H groups in total. The minimum absolute atomic E-state index is 0.0496. The van der Waals surface area contributed by atoms with Crippen LogP contribution in [0.5, 0.6) is 0 Å². The summed E-state index contributed by atoms with van der Waals surface area (Å²) in [6.07, 6.45) is 3.78. The van der Waals surface area contributed by atoms with Crippen LogP contribution in [0.2, 0.25) is 0 Å². The van der Waals surface area contributed by atoms with E-state index in [0.29, 0.717) is 5.56 Å². The molecular formula is C22H21N3O. The Hall–Kier alpha value is -3.14. The summed E-state index contributed by atoms with van der Waals surface area (Å²) in [6, 6.07) is 17.6. The van der Waals surface area contributed by atoms with Crippen molar-refractivity contribution in [3.63, 3.8) is 0 Å². The number of benzene rings is 2. The molecule has 2 heterocycles. The first-order chi connectivity index (χ1) is 12.4. The number of aromatic nitrogens is 2. The van der Waals surface area contributed by atoms with E-state index in [2.05, 4.69) is 30.9 Å². The van der Waals surface area contributed by atoms with E-state index in [-0.39, 0.29) is 11.0 Å². The van der Waals surface area contributed by atoms with Crippen LogP contribution in [-0.4, -0.2) is 16.0 Å². The van der Waals surface area contributed by atoms with Crippen LogP contribution in [0.4, 0.5) is 5.69 Å². The van der Waals surface area contributed by atoms with Crippen molar-refractivity contribution in [2.24, 2.45) is 4.99 Å². The van der Waals surface area contributed by atoms with Gasteiger partial charge in [0.2, 0.25) is 0 Å². The van der Waals surface area contributed by atoms with Gasteiger partial charge in [-0.2, -0.15) is 0 Å². The Morgan fingerprint density at radius 1 is 1.00 bits per heavy atom. The van der Waals surface area contributed by atoms with Crippen molar-refractivity contribution in [3.8, 4) is 5.69 Å². The highest BCUT2D eigenvalue weighted by Gasteiger charge is 2.25. The highest BCUT2D eigenvalue weighted by Crippen LogP contribution is 2.33. The maximum atomic E-state index is 13.2. The number of aromatic amines is 1. The van der Waals surface area contributed by atoms with Crippen molar-refractivity contribution in [3.05, 3.63) is 81.8 Å². The van der Waals surface area contributed by atoms with Gasteiger partial charge in [0.1, 0.15) is 0 Å². The average Bonchev–Trinajstić information content (AvgIpc) is 3.18. The van der Waals surface area contributed by atoms with Gasteiger partial charge in [-0.15, -0.1) is 0 Å². The Labute approximate surface area is 152 Å². The second kappa shape index (κ2) is 5.99. The molecule has 0 saturated heterocycles. The summed E-state index contributed by atoms with van der Waals surface area (Å²) in [5.74, 6) is 0. The average molecular weight is 343 g/mol. The molecule has 0 saturated carbocycles. The number of para-hydroxylation sites is 2. The molecule has 1 aliphatic rings. The number of allylic oxidation sites excluding steroid dienone is 1. The summed E-state index contributed by atoms with van der Waals surface area (Å²) >= 11 is 0. The number of rotatable bonds is 2. The van der Waals surface area contributed by atoms with Gasteiger partial charge in [0.05, 0.1) is 22.6 Å². The number of nitrogens with one attached hydrogen (secondary N) is 1. The Morgan fingerprint density at radius 3 is 2.42 bits per heavy atom. The molecule has 2 aromatic carbocycles. The molecule has 0 bridgehead atoms. The first kappa shape index (κ1) is 16.3. The Balaban J connectivity index is 1.92. The van der Waals surface area contributed by atoms with Crippen molar-refractivity contribution >= 4 is 23.6 Å². The maximum Gasteiger partial charge on any atom is 0.278 e. The molecule has 0 aliphatic carbocycles. The second-order valence-electron chi connectivity index (χ2n) is 7.50. The van der Waals surface area contributed by atoms with Crippen LogP contribution in [0.3, 0.4) is 0 Å². The highest BCUT2D eigenvalue weighted by atomic mass is 16.1. The summed E-state index contributed by atoms with van der Waals surface area (Å²) < 4.78 is 1.62. The molecule has 3 aromatic rings. The molecule has 4 nitrogen and oxygen atoms in total. The van der Waals surface area contributed by atoms with Crippen molar-refractivity contribution in [2.75, 3.05) is 0 Å². The molecule has 0 spiro atoms. The SMILES string of the molecule is CC(C)(C)c1[nH]n(-c2ccccc2)c(=O)c1C=C1C=Nc2ccccc21. The zero-order valence-electron chi connectivity index (χ0n) is 15.2. The number of fused-ring (bicyclic) bond motifs is 1. The van der Waals surface area contributed by atoms with Crippen molar-refractivity contribution in [1.82, 2.24) is 9.78 Å². The molecule has 1 aromatic heterocycles. The maximum absolute atomic E-state index is 13.2. The number of H-pyrrole nitrogens is 1. The van der Waals surface area contributed by atoms with Crippen molar-refractivity contribution in [2.45, 2.75) is 26.2 Å². The molecular weight excluding hydrogens is 322 g/mol. The summed E-state index contributed by atoms with van der Waals surface area (Å²) in [5, 5.41) is 3.32. The van der Waals surface area contributed by atoms with Gasteiger partial charge in [0.25, 0.3) is 5.56 Å². The molecule has 130 valence electrons. The number of aliphatic imine (C=N–C) groups is 1. The van der Waals surface area contributed by atoms with Crippen LogP contribution in [0.1, 0.15) is 37.6 Å². The fourth-order valence-electron chi connectivity index (χ4n) is 3.22. The molecule has 0 radical (unpaired) electrons. The van der Waals surface area contributed by atoms with E-state index in [4.69, 9.17) is 0 Å². The van der Waals surface area contributed by atoms with Gasteiger partial charge in [-0.3, -0.25) is 14.9 Å². The molecule has 26 heavy (non-hydrogen) atoms. The third-order valence-corrected chi connectivity index (χ3v) is 4.55. The molecule has 1 aliphatic heterocycles.